The molecule has 0 bridgehead atoms. The summed E-state index contributed by atoms with van der Waals surface area (Å²) >= 11 is 0. The number of nitrogens with zero attached hydrogens (tertiary/aromatic N) is 1. The number of para-hydroxylation sites is 1. The molecule has 1 aliphatic heterocycles. The minimum Gasteiger partial charge on any atom is -0.490 e. The van der Waals surface area contributed by atoms with Crippen LogP contribution in [0.2, 0.25) is 0 Å². The van der Waals surface area contributed by atoms with Gasteiger partial charge in [0.25, 0.3) is 5.69 Å². The summed E-state index contributed by atoms with van der Waals surface area (Å²) in [4.78, 5) is 36.9. The van der Waals surface area contributed by atoms with Crippen molar-refractivity contribution in [3.63, 3.8) is 0 Å². The average Bonchev–Trinajstić information content (AvgIpc) is 2.81. The Balaban J connectivity index is 1.60. The van der Waals surface area contributed by atoms with E-state index in [0.717, 1.165) is 12.1 Å². The van der Waals surface area contributed by atoms with Crippen LogP contribution in [0.15, 0.2) is 77.1 Å². The first-order valence-corrected chi connectivity index (χ1v) is 10.8. The second kappa shape index (κ2) is 9.68. The van der Waals surface area contributed by atoms with Gasteiger partial charge < -0.3 is 14.8 Å². The molecule has 0 unspecified atom stereocenters. The van der Waals surface area contributed by atoms with Crippen LogP contribution in [0, 0.1) is 10.1 Å². The van der Waals surface area contributed by atoms with E-state index in [9.17, 15) is 19.7 Å². The molecule has 0 amide bonds. The zero-order chi connectivity index (χ0) is 23.4. The Kier molecular flexibility index (Phi) is 6.53. The standard InChI is InChI=1S/C25H24N2O6/c1-16-22(25(29)33-14-13-32-19-9-3-2-4-10-19)23(17-7-5-8-18(15-17)27(30)31)24-20(26-16)11-6-12-21(24)28/h2-5,7-10,15,23,26H,6,11-14H2,1H3/t23-/m1/s1. The van der Waals surface area contributed by atoms with Gasteiger partial charge in [-0.05, 0) is 37.5 Å². The lowest BCUT2D eigenvalue weighted by atomic mass is 9.75. The number of nitro groups is 1. The summed E-state index contributed by atoms with van der Waals surface area (Å²) in [6.07, 6.45) is 1.77. The van der Waals surface area contributed by atoms with Crippen molar-refractivity contribution in [3.8, 4) is 5.75 Å². The van der Waals surface area contributed by atoms with Gasteiger partial charge in [-0.2, -0.15) is 0 Å². The predicted molar refractivity (Wildman–Crippen MR) is 120 cm³/mol. The Labute approximate surface area is 191 Å². The van der Waals surface area contributed by atoms with E-state index in [1.165, 1.54) is 12.1 Å². The van der Waals surface area contributed by atoms with Crippen molar-refractivity contribution in [2.75, 3.05) is 13.2 Å². The van der Waals surface area contributed by atoms with Gasteiger partial charge in [-0.3, -0.25) is 14.9 Å². The summed E-state index contributed by atoms with van der Waals surface area (Å²) < 4.78 is 11.1. The van der Waals surface area contributed by atoms with E-state index < -0.39 is 16.8 Å². The molecule has 0 saturated heterocycles. The highest BCUT2D eigenvalue weighted by molar-refractivity contribution is 6.03. The molecular weight excluding hydrogens is 424 g/mol. The maximum absolute atomic E-state index is 13.2. The number of non-ortho nitro benzene ring substituents is 1. The first kappa shape index (κ1) is 22.3. The van der Waals surface area contributed by atoms with Crippen molar-refractivity contribution in [2.24, 2.45) is 0 Å². The largest absolute Gasteiger partial charge is 0.490 e. The number of hydrogen-bond donors (Lipinski definition) is 1. The van der Waals surface area contributed by atoms with E-state index in [1.807, 2.05) is 18.2 Å². The van der Waals surface area contributed by atoms with Crippen LogP contribution >= 0.6 is 0 Å². The average molecular weight is 448 g/mol. The molecule has 8 nitrogen and oxygen atoms in total. The Morgan fingerprint density at radius 2 is 1.91 bits per heavy atom. The second-order valence-corrected chi connectivity index (χ2v) is 7.92. The van der Waals surface area contributed by atoms with Crippen LogP contribution in [-0.2, 0) is 14.3 Å². The smallest absolute Gasteiger partial charge is 0.336 e. The number of benzene rings is 2. The maximum atomic E-state index is 13.2. The fraction of sp³-hybridized carbons (Fsp3) is 0.280. The predicted octanol–water partition coefficient (Wildman–Crippen LogP) is 4.18. The Bertz CT molecular complexity index is 1150. The Morgan fingerprint density at radius 3 is 2.67 bits per heavy atom. The number of carbonyl (C=O) groups is 2. The molecule has 2 aliphatic rings. The fourth-order valence-electron chi connectivity index (χ4n) is 4.29. The topological polar surface area (TPSA) is 108 Å². The number of ketones is 1. The third-order valence-electron chi connectivity index (χ3n) is 5.74. The number of carbonyl (C=O) groups excluding carboxylic acids is 2. The molecule has 8 heteroatoms. The number of dihydropyridines is 1. The van der Waals surface area contributed by atoms with Crippen molar-refractivity contribution in [1.82, 2.24) is 5.32 Å². The van der Waals surface area contributed by atoms with Gasteiger partial charge in [0.15, 0.2) is 5.78 Å². The number of nitrogens with one attached hydrogen (secondary N) is 1. The first-order valence-electron chi connectivity index (χ1n) is 10.8. The van der Waals surface area contributed by atoms with Gasteiger partial charge in [-0.25, -0.2) is 4.79 Å². The third-order valence-corrected chi connectivity index (χ3v) is 5.74. The minimum atomic E-state index is -0.725. The quantitative estimate of drug-likeness (QED) is 0.293. The monoisotopic (exact) mass is 448 g/mol. The number of Topliss-reactive ketones (excluding diaryl/α,β-unsaturated/α-hetero) is 1. The van der Waals surface area contributed by atoms with E-state index >= 15 is 0 Å². The molecule has 1 atom stereocenters. The minimum absolute atomic E-state index is 0.0199. The van der Waals surface area contributed by atoms with Gasteiger partial charge in [-0.1, -0.05) is 30.3 Å². The van der Waals surface area contributed by atoms with Crippen LogP contribution in [0.4, 0.5) is 5.69 Å². The molecule has 170 valence electrons. The zero-order valence-electron chi connectivity index (χ0n) is 18.2. The summed E-state index contributed by atoms with van der Waals surface area (Å²) in [5.41, 5.74) is 2.53. The summed E-state index contributed by atoms with van der Waals surface area (Å²) in [7, 11) is 0. The maximum Gasteiger partial charge on any atom is 0.336 e. The summed E-state index contributed by atoms with van der Waals surface area (Å²) in [5, 5.41) is 14.6. The molecule has 2 aromatic carbocycles. The third kappa shape index (κ3) is 4.79. The molecule has 0 radical (unpaired) electrons. The number of hydrogen-bond acceptors (Lipinski definition) is 7. The summed E-state index contributed by atoms with van der Waals surface area (Å²) in [6.45, 7) is 1.94. The molecule has 33 heavy (non-hydrogen) atoms. The molecule has 1 heterocycles. The van der Waals surface area contributed by atoms with Gasteiger partial charge >= 0.3 is 5.97 Å². The summed E-state index contributed by atoms with van der Waals surface area (Å²) in [6, 6.07) is 15.3. The van der Waals surface area contributed by atoms with Gasteiger partial charge in [0, 0.05) is 41.4 Å². The van der Waals surface area contributed by atoms with Gasteiger partial charge in [0.2, 0.25) is 0 Å². The SMILES string of the molecule is CC1=C(C(=O)OCCOc2ccccc2)[C@@H](c2cccc([N+](=O)[O-])c2)C2=C(CCCC2=O)N1. The van der Waals surface area contributed by atoms with Crippen LogP contribution in [0.1, 0.15) is 37.7 Å². The van der Waals surface area contributed by atoms with Crippen LogP contribution < -0.4 is 10.1 Å². The lowest BCUT2D eigenvalue weighted by Gasteiger charge is -2.34. The lowest BCUT2D eigenvalue weighted by molar-refractivity contribution is -0.384. The van der Waals surface area contributed by atoms with Crippen LogP contribution in [0.5, 0.6) is 5.75 Å². The van der Waals surface area contributed by atoms with Crippen molar-refractivity contribution < 1.29 is 24.0 Å². The Hall–Kier alpha value is -3.94. The number of rotatable bonds is 7. The second-order valence-electron chi connectivity index (χ2n) is 7.92. The highest BCUT2D eigenvalue weighted by Crippen LogP contribution is 2.43. The highest BCUT2D eigenvalue weighted by atomic mass is 16.6. The van der Waals surface area contributed by atoms with Crippen molar-refractivity contribution >= 4 is 17.4 Å². The fourth-order valence-corrected chi connectivity index (χ4v) is 4.29. The molecule has 0 saturated carbocycles. The van der Waals surface area contributed by atoms with Crippen molar-refractivity contribution in [1.29, 1.82) is 0 Å². The molecule has 1 N–H and O–H groups in total. The molecule has 0 fully saturated rings. The first-order chi connectivity index (χ1) is 16.0. The Morgan fingerprint density at radius 1 is 1.12 bits per heavy atom. The van der Waals surface area contributed by atoms with Crippen LogP contribution in [0.3, 0.4) is 0 Å². The zero-order valence-corrected chi connectivity index (χ0v) is 18.2. The molecule has 0 spiro atoms. The number of ether oxygens (including phenoxy) is 2. The molecular formula is C25H24N2O6. The van der Waals surface area contributed by atoms with Crippen molar-refractivity contribution in [3.05, 3.63) is 92.8 Å². The van der Waals surface area contributed by atoms with E-state index in [4.69, 9.17) is 9.47 Å². The number of allylic oxidation sites excluding steroid dienone is 3. The molecule has 0 aromatic heterocycles. The molecule has 4 rings (SSSR count). The van der Waals surface area contributed by atoms with Gasteiger partial charge in [-0.15, -0.1) is 0 Å². The van der Waals surface area contributed by atoms with E-state index in [-0.39, 0.29) is 30.3 Å². The summed E-state index contributed by atoms with van der Waals surface area (Å²) in [5.74, 6) is -0.708. The van der Waals surface area contributed by atoms with E-state index in [0.29, 0.717) is 35.4 Å². The van der Waals surface area contributed by atoms with Crippen LogP contribution in [0.25, 0.3) is 0 Å². The van der Waals surface area contributed by atoms with Crippen LogP contribution in [-0.4, -0.2) is 29.9 Å². The number of nitro benzene ring substituents is 1. The van der Waals surface area contributed by atoms with E-state index in [2.05, 4.69) is 5.32 Å². The lowest BCUT2D eigenvalue weighted by Crippen LogP contribution is -2.34. The molecule has 1 aliphatic carbocycles. The van der Waals surface area contributed by atoms with E-state index in [1.54, 1.807) is 31.2 Å². The van der Waals surface area contributed by atoms with Crippen molar-refractivity contribution in [2.45, 2.75) is 32.1 Å². The highest BCUT2D eigenvalue weighted by Gasteiger charge is 2.39. The van der Waals surface area contributed by atoms with Gasteiger partial charge in [0.1, 0.15) is 19.0 Å². The normalized spacial score (nSPS) is 17.8. The number of esters is 1. The van der Waals surface area contributed by atoms with Gasteiger partial charge in [0.05, 0.1) is 10.5 Å². The molecule has 2 aromatic rings.